The van der Waals surface area contributed by atoms with Crippen molar-refractivity contribution < 1.29 is 4.74 Å². The monoisotopic (exact) mass is 400 g/mol. The minimum Gasteiger partial charge on any atom is -0.381 e. The lowest BCUT2D eigenvalue weighted by atomic mass is 9.76. The highest BCUT2D eigenvalue weighted by molar-refractivity contribution is 5.79. The topological polar surface area (TPSA) is 48.9 Å². The molecule has 0 radical (unpaired) electrons. The summed E-state index contributed by atoms with van der Waals surface area (Å²) in [7, 11) is 1.88. The lowest BCUT2D eigenvalue weighted by Crippen LogP contribution is -2.59. The lowest BCUT2D eigenvalue weighted by molar-refractivity contribution is -0.0164. The van der Waals surface area contributed by atoms with E-state index in [9.17, 15) is 0 Å². The van der Waals surface area contributed by atoms with Gasteiger partial charge in [0.25, 0.3) is 0 Å². The predicted molar refractivity (Wildman–Crippen MR) is 122 cm³/mol. The molecule has 0 unspecified atom stereocenters. The Morgan fingerprint density at radius 2 is 1.72 bits per heavy atom. The Kier molecular flexibility index (Phi) is 7.96. The van der Waals surface area contributed by atoms with E-state index in [0.29, 0.717) is 0 Å². The molecule has 3 rings (SSSR count). The molecule has 1 aromatic rings. The summed E-state index contributed by atoms with van der Waals surface area (Å²) in [6.45, 7) is 10.6. The fourth-order valence-corrected chi connectivity index (χ4v) is 5.07. The van der Waals surface area contributed by atoms with Crippen molar-refractivity contribution in [1.82, 2.24) is 15.5 Å². The molecule has 2 aliphatic rings. The third kappa shape index (κ3) is 5.13. The van der Waals surface area contributed by atoms with Crippen molar-refractivity contribution in [2.45, 2.75) is 63.3 Å². The number of rotatable bonds is 8. The molecule has 2 N–H and O–H groups in total. The van der Waals surface area contributed by atoms with Gasteiger partial charge < -0.3 is 15.4 Å². The molecule has 2 heterocycles. The molecule has 0 aliphatic carbocycles. The quantitative estimate of drug-likeness (QED) is 0.517. The van der Waals surface area contributed by atoms with Crippen LogP contribution in [0.4, 0.5) is 0 Å². The van der Waals surface area contributed by atoms with Gasteiger partial charge in [-0.3, -0.25) is 9.89 Å². The highest BCUT2D eigenvalue weighted by atomic mass is 16.5. The molecular weight excluding hydrogens is 360 g/mol. The molecule has 0 atom stereocenters. The van der Waals surface area contributed by atoms with E-state index in [2.05, 4.69) is 64.7 Å². The number of aliphatic imine (C=N–C) groups is 1. The van der Waals surface area contributed by atoms with E-state index in [1.165, 1.54) is 31.5 Å². The number of benzene rings is 1. The van der Waals surface area contributed by atoms with Crippen LogP contribution in [0.3, 0.4) is 0 Å². The first-order valence-corrected chi connectivity index (χ1v) is 11.5. The Morgan fingerprint density at radius 3 is 2.31 bits per heavy atom. The van der Waals surface area contributed by atoms with E-state index in [0.717, 1.165) is 57.9 Å². The molecule has 5 nitrogen and oxygen atoms in total. The van der Waals surface area contributed by atoms with Crippen molar-refractivity contribution >= 4 is 5.96 Å². The summed E-state index contributed by atoms with van der Waals surface area (Å²) in [4.78, 5) is 7.24. The summed E-state index contributed by atoms with van der Waals surface area (Å²) in [6, 6.07) is 10.9. The maximum absolute atomic E-state index is 5.69. The molecule has 0 spiro atoms. The Morgan fingerprint density at radius 1 is 1.07 bits per heavy atom. The number of hydrogen-bond donors (Lipinski definition) is 2. The average molecular weight is 401 g/mol. The molecule has 5 heteroatoms. The van der Waals surface area contributed by atoms with Crippen molar-refractivity contribution in [3.05, 3.63) is 35.9 Å². The third-order valence-electron chi connectivity index (χ3n) is 7.34. The minimum atomic E-state index is 0.129. The van der Waals surface area contributed by atoms with Gasteiger partial charge in [0.2, 0.25) is 0 Å². The van der Waals surface area contributed by atoms with E-state index in [4.69, 9.17) is 4.74 Å². The molecule has 1 aromatic carbocycles. The van der Waals surface area contributed by atoms with Crippen LogP contribution in [0, 0.1) is 0 Å². The van der Waals surface area contributed by atoms with E-state index in [-0.39, 0.29) is 11.0 Å². The van der Waals surface area contributed by atoms with Crippen LogP contribution in [-0.4, -0.2) is 62.8 Å². The van der Waals surface area contributed by atoms with Crippen LogP contribution in [0.2, 0.25) is 0 Å². The normalized spacial score (nSPS) is 20.6. The van der Waals surface area contributed by atoms with E-state index in [1.54, 1.807) is 0 Å². The zero-order valence-electron chi connectivity index (χ0n) is 18.7. The molecule has 0 bridgehead atoms. The van der Waals surface area contributed by atoms with Crippen LogP contribution < -0.4 is 10.6 Å². The smallest absolute Gasteiger partial charge is 0.191 e. The van der Waals surface area contributed by atoms with Crippen LogP contribution in [0.15, 0.2) is 35.3 Å². The highest BCUT2D eigenvalue weighted by Crippen LogP contribution is 2.32. The molecule has 0 amide bonds. The van der Waals surface area contributed by atoms with Crippen molar-refractivity contribution in [2.24, 2.45) is 4.99 Å². The first-order chi connectivity index (χ1) is 14.2. The van der Waals surface area contributed by atoms with E-state index in [1.807, 2.05) is 7.05 Å². The van der Waals surface area contributed by atoms with Gasteiger partial charge in [-0.05, 0) is 57.2 Å². The van der Waals surface area contributed by atoms with Crippen LogP contribution in [0.5, 0.6) is 0 Å². The largest absolute Gasteiger partial charge is 0.381 e. The van der Waals surface area contributed by atoms with Crippen molar-refractivity contribution in [3.8, 4) is 0 Å². The van der Waals surface area contributed by atoms with Gasteiger partial charge in [-0.15, -0.1) is 0 Å². The second-order valence-electron chi connectivity index (χ2n) is 8.66. The molecular formula is C24H40N4O. The number of likely N-dealkylation sites (tertiary alicyclic amines) is 1. The molecule has 0 aromatic heterocycles. The van der Waals surface area contributed by atoms with Crippen molar-refractivity contribution in [2.75, 3.05) is 46.4 Å². The van der Waals surface area contributed by atoms with E-state index >= 15 is 0 Å². The van der Waals surface area contributed by atoms with Gasteiger partial charge in [0.15, 0.2) is 5.96 Å². The Balaban J connectivity index is 1.63. The molecule has 29 heavy (non-hydrogen) atoms. The Labute approximate surface area is 177 Å². The number of hydrogen-bond acceptors (Lipinski definition) is 3. The second-order valence-corrected chi connectivity index (χ2v) is 8.66. The lowest BCUT2D eigenvalue weighted by Gasteiger charge is -2.45. The number of nitrogens with zero attached hydrogens (tertiary/aromatic N) is 2. The van der Waals surface area contributed by atoms with Crippen LogP contribution in [0.1, 0.15) is 57.9 Å². The van der Waals surface area contributed by atoms with Gasteiger partial charge in [0, 0.05) is 44.3 Å². The maximum Gasteiger partial charge on any atom is 0.191 e. The van der Waals surface area contributed by atoms with Gasteiger partial charge in [0.1, 0.15) is 0 Å². The first kappa shape index (κ1) is 22.1. The van der Waals surface area contributed by atoms with Gasteiger partial charge in [0.05, 0.1) is 0 Å². The zero-order valence-corrected chi connectivity index (χ0v) is 18.7. The summed E-state index contributed by atoms with van der Waals surface area (Å²) < 4.78 is 5.69. The fourth-order valence-electron chi connectivity index (χ4n) is 5.07. The van der Waals surface area contributed by atoms with Crippen molar-refractivity contribution in [3.63, 3.8) is 0 Å². The molecule has 2 aliphatic heterocycles. The van der Waals surface area contributed by atoms with E-state index < -0.39 is 0 Å². The standard InChI is InChI=1S/C24H40N4O/c1-4-23(5-2,21-11-7-6-8-12-21)19-26-22(25-3)27-20-24(13-17-29-18-14-24)28-15-9-10-16-28/h6-8,11-12H,4-5,9-10,13-20H2,1-3H3,(H2,25,26,27). The SMILES string of the molecule is CCC(CC)(CNC(=NC)NCC1(N2CCCC2)CCOCC1)c1ccccc1. The third-order valence-corrected chi connectivity index (χ3v) is 7.34. The Hall–Kier alpha value is -1.59. The molecule has 2 saturated heterocycles. The second kappa shape index (κ2) is 10.4. The van der Waals surface area contributed by atoms with Crippen LogP contribution in [-0.2, 0) is 10.2 Å². The summed E-state index contributed by atoms with van der Waals surface area (Å²) in [5.41, 5.74) is 1.74. The number of nitrogens with one attached hydrogen (secondary N) is 2. The molecule has 162 valence electrons. The van der Waals surface area contributed by atoms with Gasteiger partial charge in [-0.2, -0.15) is 0 Å². The predicted octanol–water partition coefficient (Wildman–Crippen LogP) is 3.55. The maximum atomic E-state index is 5.69. The zero-order chi connectivity index (χ0) is 20.6. The molecule has 2 fully saturated rings. The average Bonchev–Trinajstić information content (AvgIpc) is 3.34. The van der Waals surface area contributed by atoms with Crippen molar-refractivity contribution in [1.29, 1.82) is 0 Å². The van der Waals surface area contributed by atoms with Crippen LogP contribution in [0.25, 0.3) is 0 Å². The van der Waals surface area contributed by atoms with Gasteiger partial charge in [-0.1, -0.05) is 44.2 Å². The molecule has 0 saturated carbocycles. The number of guanidine groups is 1. The highest BCUT2D eigenvalue weighted by Gasteiger charge is 2.39. The first-order valence-electron chi connectivity index (χ1n) is 11.5. The summed E-state index contributed by atoms with van der Waals surface area (Å²) in [5, 5.41) is 7.32. The van der Waals surface area contributed by atoms with Gasteiger partial charge in [-0.25, -0.2) is 0 Å². The summed E-state index contributed by atoms with van der Waals surface area (Å²) >= 11 is 0. The minimum absolute atomic E-state index is 0.129. The summed E-state index contributed by atoms with van der Waals surface area (Å²) in [5.74, 6) is 0.914. The Bertz CT molecular complexity index is 630. The van der Waals surface area contributed by atoms with Gasteiger partial charge >= 0.3 is 0 Å². The number of ether oxygens (including phenoxy) is 1. The van der Waals surface area contributed by atoms with Crippen LogP contribution >= 0.6 is 0 Å². The fraction of sp³-hybridized carbons (Fsp3) is 0.708. The summed E-state index contributed by atoms with van der Waals surface area (Å²) in [6.07, 6.45) is 7.06.